The molecule has 3 unspecified atom stereocenters. The van der Waals surface area contributed by atoms with Crippen LogP contribution in [0.3, 0.4) is 0 Å². The lowest BCUT2D eigenvalue weighted by atomic mass is 10.1. The molecule has 0 aromatic carbocycles. The molecule has 0 spiro atoms. The molecule has 16 heavy (non-hydrogen) atoms. The van der Waals surface area contributed by atoms with E-state index in [9.17, 15) is 9.90 Å². The Morgan fingerprint density at radius 3 is 2.81 bits per heavy atom. The number of aliphatic hydroxyl groups is 1. The molecule has 2 rings (SSSR count). The van der Waals surface area contributed by atoms with Crippen LogP contribution in [-0.4, -0.2) is 36.4 Å². The second-order valence-corrected chi connectivity index (χ2v) is 4.93. The largest absolute Gasteiger partial charge is 0.393 e. The van der Waals surface area contributed by atoms with Crippen molar-refractivity contribution in [2.24, 2.45) is 5.92 Å². The minimum Gasteiger partial charge on any atom is -0.393 e. The van der Waals surface area contributed by atoms with Crippen LogP contribution < -0.4 is 5.32 Å². The van der Waals surface area contributed by atoms with E-state index in [0.717, 1.165) is 38.5 Å². The van der Waals surface area contributed by atoms with E-state index in [0.29, 0.717) is 19.1 Å². The standard InChI is InChI=1S/C12H21NO3/c14-10-5-4-9(7-10)8-13-12(15)11-3-1-2-6-16-11/h9-11,14H,1-8H2,(H,13,15). The average Bonchev–Trinajstić information content (AvgIpc) is 2.73. The first-order valence-electron chi connectivity index (χ1n) is 6.33. The van der Waals surface area contributed by atoms with E-state index in [-0.39, 0.29) is 18.1 Å². The van der Waals surface area contributed by atoms with Crippen LogP contribution in [0.5, 0.6) is 0 Å². The van der Waals surface area contributed by atoms with E-state index in [2.05, 4.69) is 5.32 Å². The molecule has 2 fully saturated rings. The van der Waals surface area contributed by atoms with Crippen LogP contribution in [0.1, 0.15) is 38.5 Å². The van der Waals surface area contributed by atoms with Crippen molar-refractivity contribution in [2.45, 2.75) is 50.7 Å². The van der Waals surface area contributed by atoms with Gasteiger partial charge in [0.2, 0.25) is 5.91 Å². The van der Waals surface area contributed by atoms with Gasteiger partial charge in [-0.3, -0.25) is 4.79 Å². The first-order valence-corrected chi connectivity index (χ1v) is 6.33. The van der Waals surface area contributed by atoms with Crippen molar-refractivity contribution >= 4 is 5.91 Å². The van der Waals surface area contributed by atoms with Gasteiger partial charge in [-0.2, -0.15) is 0 Å². The lowest BCUT2D eigenvalue weighted by molar-refractivity contribution is -0.135. The zero-order valence-corrected chi connectivity index (χ0v) is 9.65. The molecule has 0 bridgehead atoms. The molecule has 1 aliphatic carbocycles. The fourth-order valence-corrected chi connectivity index (χ4v) is 2.54. The Hall–Kier alpha value is -0.610. The zero-order valence-electron chi connectivity index (χ0n) is 9.65. The molecule has 4 nitrogen and oxygen atoms in total. The molecule has 1 saturated carbocycles. The van der Waals surface area contributed by atoms with E-state index < -0.39 is 0 Å². The van der Waals surface area contributed by atoms with Crippen LogP contribution >= 0.6 is 0 Å². The molecular weight excluding hydrogens is 206 g/mol. The highest BCUT2D eigenvalue weighted by Gasteiger charge is 2.25. The molecule has 92 valence electrons. The van der Waals surface area contributed by atoms with Gasteiger partial charge in [-0.1, -0.05) is 0 Å². The first-order chi connectivity index (χ1) is 7.75. The normalized spacial score (nSPS) is 34.9. The Kier molecular flexibility index (Phi) is 4.18. The number of nitrogens with one attached hydrogen (secondary N) is 1. The molecule has 1 saturated heterocycles. The minimum atomic E-state index is -0.236. The van der Waals surface area contributed by atoms with Gasteiger partial charge < -0.3 is 15.2 Å². The number of hydrogen-bond acceptors (Lipinski definition) is 3. The van der Waals surface area contributed by atoms with Gasteiger partial charge in [-0.05, 0) is 44.4 Å². The van der Waals surface area contributed by atoms with Crippen molar-refractivity contribution in [3.8, 4) is 0 Å². The highest BCUT2D eigenvalue weighted by Crippen LogP contribution is 2.24. The summed E-state index contributed by atoms with van der Waals surface area (Å²) in [5.74, 6) is 0.476. The molecular formula is C12H21NO3. The van der Waals surface area contributed by atoms with Crippen LogP contribution in [0.15, 0.2) is 0 Å². The fourth-order valence-electron chi connectivity index (χ4n) is 2.54. The Labute approximate surface area is 96.4 Å². The summed E-state index contributed by atoms with van der Waals surface area (Å²) in [6, 6.07) is 0. The SMILES string of the molecule is O=C(NCC1CCC(O)C1)C1CCCCO1. The molecule has 1 aliphatic heterocycles. The fraction of sp³-hybridized carbons (Fsp3) is 0.917. The van der Waals surface area contributed by atoms with Crippen molar-refractivity contribution in [1.82, 2.24) is 5.32 Å². The summed E-state index contributed by atoms with van der Waals surface area (Å²) in [6.45, 7) is 1.40. The van der Waals surface area contributed by atoms with Crippen molar-refractivity contribution in [2.75, 3.05) is 13.2 Å². The molecule has 1 amide bonds. The maximum absolute atomic E-state index is 11.7. The third-order valence-electron chi connectivity index (χ3n) is 3.55. The monoisotopic (exact) mass is 227 g/mol. The first kappa shape index (κ1) is 11.9. The number of rotatable bonds is 3. The lowest BCUT2D eigenvalue weighted by Crippen LogP contribution is -2.40. The Balaban J connectivity index is 1.66. The van der Waals surface area contributed by atoms with Crippen molar-refractivity contribution in [1.29, 1.82) is 0 Å². The summed E-state index contributed by atoms with van der Waals surface area (Å²) in [5, 5.41) is 12.3. The molecule has 2 aliphatic rings. The van der Waals surface area contributed by atoms with Crippen molar-refractivity contribution < 1.29 is 14.6 Å². The lowest BCUT2D eigenvalue weighted by Gasteiger charge is -2.22. The maximum atomic E-state index is 11.7. The number of carbonyl (C=O) groups excluding carboxylic acids is 1. The summed E-state index contributed by atoms with van der Waals surface area (Å²) in [7, 11) is 0. The summed E-state index contributed by atoms with van der Waals surface area (Å²) < 4.78 is 5.41. The van der Waals surface area contributed by atoms with E-state index in [1.165, 1.54) is 0 Å². The van der Waals surface area contributed by atoms with Crippen LogP contribution in [0.2, 0.25) is 0 Å². The van der Waals surface area contributed by atoms with E-state index in [4.69, 9.17) is 4.74 Å². The quantitative estimate of drug-likeness (QED) is 0.751. The van der Waals surface area contributed by atoms with E-state index >= 15 is 0 Å². The topological polar surface area (TPSA) is 58.6 Å². The van der Waals surface area contributed by atoms with Crippen LogP contribution in [0.25, 0.3) is 0 Å². The van der Waals surface area contributed by atoms with Crippen molar-refractivity contribution in [3.63, 3.8) is 0 Å². The number of amides is 1. The van der Waals surface area contributed by atoms with Crippen molar-refractivity contribution in [3.05, 3.63) is 0 Å². The molecule has 0 aromatic rings. The minimum absolute atomic E-state index is 0.0288. The molecule has 4 heteroatoms. The number of ether oxygens (including phenoxy) is 1. The molecule has 3 atom stereocenters. The summed E-state index contributed by atoms with van der Waals surface area (Å²) in [4.78, 5) is 11.7. The smallest absolute Gasteiger partial charge is 0.249 e. The Bertz CT molecular complexity index is 238. The van der Waals surface area contributed by atoms with Crippen LogP contribution in [0, 0.1) is 5.92 Å². The average molecular weight is 227 g/mol. The number of carbonyl (C=O) groups is 1. The van der Waals surface area contributed by atoms with Gasteiger partial charge in [0, 0.05) is 13.2 Å². The zero-order chi connectivity index (χ0) is 11.4. The number of aliphatic hydroxyl groups excluding tert-OH is 1. The van der Waals surface area contributed by atoms with Gasteiger partial charge in [-0.15, -0.1) is 0 Å². The highest BCUT2D eigenvalue weighted by atomic mass is 16.5. The third-order valence-corrected chi connectivity index (χ3v) is 3.55. The predicted molar refractivity (Wildman–Crippen MR) is 59.9 cm³/mol. The van der Waals surface area contributed by atoms with Crippen LogP contribution in [-0.2, 0) is 9.53 Å². The van der Waals surface area contributed by atoms with Gasteiger partial charge in [0.05, 0.1) is 6.10 Å². The summed E-state index contributed by atoms with van der Waals surface area (Å²) in [6.07, 6.45) is 5.32. The summed E-state index contributed by atoms with van der Waals surface area (Å²) in [5.41, 5.74) is 0. The molecule has 0 aromatic heterocycles. The Morgan fingerprint density at radius 1 is 1.31 bits per heavy atom. The molecule has 0 radical (unpaired) electrons. The maximum Gasteiger partial charge on any atom is 0.249 e. The summed E-state index contributed by atoms with van der Waals surface area (Å²) >= 11 is 0. The Morgan fingerprint density at radius 2 is 2.19 bits per heavy atom. The van der Waals surface area contributed by atoms with Gasteiger partial charge in [0.1, 0.15) is 6.10 Å². The predicted octanol–water partition coefficient (Wildman–Crippen LogP) is 0.833. The third kappa shape index (κ3) is 3.19. The van der Waals surface area contributed by atoms with E-state index in [1.54, 1.807) is 0 Å². The van der Waals surface area contributed by atoms with Gasteiger partial charge in [-0.25, -0.2) is 0 Å². The van der Waals surface area contributed by atoms with E-state index in [1.807, 2.05) is 0 Å². The van der Waals surface area contributed by atoms with Gasteiger partial charge in [0.25, 0.3) is 0 Å². The second-order valence-electron chi connectivity index (χ2n) is 4.93. The van der Waals surface area contributed by atoms with Gasteiger partial charge in [0.15, 0.2) is 0 Å². The van der Waals surface area contributed by atoms with Gasteiger partial charge >= 0.3 is 0 Å². The highest BCUT2D eigenvalue weighted by molar-refractivity contribution is 5.80. The second kappa shape index (κ2) is 5.64. The molecule has 2 N–H and O–H groups in total. The number of hydrogen-bond donors (Lipinski definition) is 2. The van der Waals surface area contributed by atoms with Crippen LogP contribution in [0.4, 0.5) is 0 Å². The molecule has 1 heterocycles.